The van der Waals surface area contributed by atoms with Crippen molar-refractivity contribution in [3.8, 4) is 0 Å². The molecule has 0 saturated carbocycles. The Bertz CT molecular complexity index is 596. The summed E-state index contributed by atoms with van der Waals surface area (Å²) in [7, 11) is -4.29. The van der Waals surface area contributed by atoms with E-state index in [-0.39, 0.29) is 5.91 Å². The largest absolute Gasteiger partial charge is 0.391 e. The Kier molecular flexibility index (Phi) is 24.2. The van der Waals surface area contributed by atoms with E-state index in [1.54, 1.807) is 0 Å². The molecule has 0 spiro atoms. The zero-order valence-electron chi connectivity index (χ0n) is 23.7. The Balaban J connectivity index is 3.95. The first-order chi connectivity index (χ1) is 17.3. The summed E-state index contributed by atoms with van der Waals surface area (Å²) in [6, 6.07) is -0.959. The molecule has 0 rings (SSSR count). The SMILES string of the molecule is CCCCCCCCCCCCCCCCC(O)C(CS(=O)(=O)O)NC(=O)CCCCCCCCC. The predicted octanol–water partition coefficient (Wildman–Crippen LogP) is 7.73. The lowest BCUT2D eigenvalue weighted by Crippen LogP contribution is -2.47. The highest BCUT2D eigenvalue weighted by Gasteiger charge is 2.26. The number of hydrogen-bond donors (Lipinski definition) is 3. The predicted molar refractivity (Wildman–Crippen MR) is 152 cm³/mol. The van der Waals surface area contributed by atoms with Crippen LogP contribution in [0.15, 0.2) is 0 Å². The van der Waals surface area contributed by atoms with E-state index >= 15 is 0 Å². The summed E-state index contributed by atoms with van der Waals surface area (Å²) < 4.78 is 32.1. The van der Waals surface area contributed by atoms with Crippen LogP contribution in [0.5, 0.6) is 0 Å². The van der Waals surface area contributed by atoms with Gasteiger partial charge in [0.25, 0.3) is 10.1 Å². The highest BCUT2D eigenvalue weighted by atomic mass is 32.2. The molecule has 1 amide bonds. The molecule has 0 saturated heterocycles. The second-order valence-corrected chi connectivity index (χ2v) is 12.2. The maximum atomic E-state index is 12.3. The Morgan fingerprint density at radius 1 is 0.639 bits per heavy atom. The summed E-state index contributed by atoms with van der Waals surface area (Å²) in [5.74, 6) is -0.896. The van der Waals surface area contributed by atoms with Gasteiger partial charge in [-0.05, 0) is 12.8 Å². The van der Waals surface area contributed by atoms with Crippen LogP contribution >= 0.6 is 0 Å². The summed E-state index contributed by atoms with van der Waals surface area (Å²) in [5, 5.41) is 13.2. The van der Waals surface area contributed by atoms with Crippen molar-refractivity contribution in [1.29, 1.82) is 0 Å². The van der Waals surface area contributed by atoms with Crippen LogP contribution in [-0.2, 0) is 14.9 Å². The molecule has 0 aromatic carbocycles. The molecule has 0 fully saturated rings. The Morgan fingerprint density at radius 2 is 1.00 bits per heavy atom. The lowest BCUT2D eigenvalue weighted by atomic mass is 10.0. The minimum absolute atomic E-state index is 0.253. The van der Waals surface area contributed by atoms with Crippen LogP contribution < -0.4 is 5.32 Å². The number of nitrogens with one attached hydrogen (secondary N) is 1. The van der Waals surface area contributed by atoms with Crippen LogP contribution in [0.25, 0.3) is 0 Å². The minimum atomic E-state index is -4.29. The third-order valence-electron chi connectivity index (χ3n) is 7.06. The van der Waals surface area contributed by atoms with Crippen LogP contribution in [-0.4, -0.2) is 41.9 Å². The fraction of sp³-hybridized carbons (Fsp3) is 0.966. The van der Waals surface area contributed by atoms with Crippen molar-refractivity contribution in [1.82, 2.24) is 5.32 Å². The minimum Gasteiger partial charge on any atom is -0.391 e. The molecule has 2 unspecified atom stereocenters. The number of aliphatic hydroxyl groups is 1. The summed E-state index contributed by atoms with van der Waals surface area (Å²) >= 11 is 0. The molecule has 0 heterocycles. The highest BCUT2D eigenvalue weighted by molar-refractivity contribution is 7.85. The van der Waals surface area contributed by atoms with Crippen molar-refractivity contribution in [2.24, 2.45) is 0 Å². The molecule has 0 aliphatic rings. The third-order valence-corrected chi connectivity index (χ3v) is 7.84. The molecule has 0 aromatic heterocycles. The summed E-state index contributed by atoms with van der Waals surface area (Å²) in [6.45, 7) is 4.43. The molecule has 0 radical (unpaired) electrons. The number of carbonyl (C=O) groups excluding carboxylic acids is 1. The van der Waals surface area contributed by atoms with Crippen molar-refractivity contribution in [3.63, 3.8) is 0 Å². The second kappa shape index (κ2) is 24.7. The van der Waals surface area contributed by atoms with Crippen LogP contribution in [0.2, 0.25) is 0 Å². The molecular weight excluding hydrogens is 474 g/mol. The molecule has 3 N–H and O–H groups in total. The quantitative estimate of drug-likeness (QED) is 0.0740. The molecule has 0 aromatic rings. The lowest BCUT2D eigenvalue weighted by Gasteiger charge is -2.23. The number of carbonyl (C=O) groups is 1. The van der Waals surface area contributed by atoms with Gasteiger partial charge >= 0.3 is 0 Å². The van der Waals surface area contributed by atoms with E-state index in [0.717, 1.165) is 38.5 Å². The highest BCUT2D eigenvalue weighted by Crippen LogP contribution is 2.15. The molecule has 6 nitrogen and oxygen atoms in total. The van der Waals surface area contributed by atoms with Gasteiger partial charge in [-0.2, -0.15) is 8.42 Å². The first-order valence-electron chi connectivity index (χ1n) is 15.2. The Morgan fingerprint density at radius 3 is 1.39 bits per heavy atom. The van der Waals surface area contributed by atoms with E-state index in [9.17, 15) is 22.9 Å². The average molecular weight is 534 g/mol. The van der Waals surface area contributed by atoms with Gasteiger partial charge in [0.2, 0.25) is 5.91 Å². The first kappa shape index (κ1) is 35.3. The van der Waals surface area contributed by atoms with Crippen molar-refractivity contribution in [2.75, 3.05) is 5.75 Å². The van der Waals surface area contributed by atoms with Gasteiger partial charge in [-0.3, -0.25) is 9.35 Å². The molecule has 0 aliphatic heterocycles. The average Bonchev–Trinajstić information content (AvgIpc) is 2.82. The van der Waals surface area contributed by atoms with E-state index in [4.69, 9.17) is 0 Å². The van der Waals surface area contributed by atoms with Gasteiger partial charge in [0.05, 0.1) is 17.9 Å². The topological polar surface area (TPSA) is 104 Å². The van der Waals surface area contributed by atoms with Gasteiger partial charge in [-0.15, -0.1) is 0 Å². The Labute approximate surface area is 223 Å². The number of amides is 1. The first-order valence-corrected chi connectivity index (χ1v) is 16.8. The van der Waals surface area contributed by atoms with E-state index in [1.165, 1.54) is 96.3 Å². The van der Waals surface area contributed by atoms with Gasteiger partial charge in [0.1, 0.15) is 0 Å². The molecule has 0 bridgehead atoms. The summed E-state index contributed by atoms with van der Waals surface area (Å²) in [6.07, 6.45) is 24.9. The number of unbranched alkanes of at least 4 members (excludes halogenated alkanes) is 19. The van der Waals surface area contributed by atoms with Crippen molar-refractivity contribution < 1.29 is 22.9 Å². The molecule has 7 heteroatoms. The molecule has 2 atom stereocenters. The molecule has 216 valence electrons. The van der Waals surface area contributed by atoms with Gasteiger partial charge in [-0.1, -0.05) is 142 Å². The monoisotopic (exact) mass is 533 g/mol. The Hall–Kier alpha value is -0.660. The zero-order chi connectivity index (χ0) is 26.9. The van der Waals surface area contributed by atoms with Crippen LogP contribution in [0, 0.1) is 0 Å². The van der Waals surface area contributed by atoms with Gasteiger partial charge in [0, 0.05) is 6.42 Å². The molecule has 36 heavy (non-hydrogen) atoms. The fourth-order valence-electron chi connectivity index (χ4n) is 4.75. The van der Waals surface area contributed by atoms with Crippen LogP contribution in [0.4, 0.5) is 0 Å². The summed E-state index contributed by atoms with van der Waals surface area (Å²) in [5.41, 5.74) is 0. The van der Waals surface area contributed by atoms with Crippen LogP contribution in [0.1, 0.15) is 162 Å². The zero-order valence-corrected chi connectivity index (χ0v) is 24.5. The lowest BCUT2D eigenvalue weighted by molar-refractivity contribution is -0.122. The maximum Gasteiger partial charge on any atom is 0.266 e. The second-order valence-electron chi connectivity index (χ2n) is 10.7. The van der Waals surface area contributed by atoms with E-state index in [1.807, 2.05) is 0 Å². The summed E-state index contributed by atoms with van der Waals surface area (Å²) in [4.78, 5) is 12.3. The number of rotatable bonds is 27. The fourth-order valence-corrected chi connectivity index (χ4v) is 5.51. The van der Waals surface area contributed by atoms with E-state index in [0.29, 0.717) is 12.8 Å². The normalized spacial score (nSPS) is 13.6. The smallest absolute Gasteiger partial charge is 0.266 e. The van der Waals surface area contributed by atoms with E-state index in [2.05, 4.69) is 19.2 Å². The van der Waals surface area contributed by atoms with Gasteiger partial charge in [-0.25, -0.2) is 0 Å². The maximum absolute atomic E-state index is 12.3. The molecular formula is C29H59NO5S. The van der Waals surface area contributed by atoms with Crippen molar-refractivity contribution >= 4 is 16.0 Å². The van der Waals surface area contributed by atoms with Gasteiger partial charge in [0.15, 0.2) is 0 Å². The standard InChI is InChI=1S/C29H59NO5S/c1-3-5-7-9-11-12-13-14-15-16-17-19-20-22-24-28(31)27(26-36(33,34)35)30-29(32)25-23-21-18-10-8-6-4-2/h27-28,31H,3-26H2,1-2H3,(H,30,32)(H,33,34,35). The van der Waals surface area contributed by atoms with Gasteiger partial charge < -0.3 is 10.4 Å². The van der Waals surface area contributed by atoms with Crippen molar-refractivity contribution in [3.05, 3.63) is 0 Å². The van der Waals surface area contributed by atoms with Crippen molar-refractivity contribution in [2.45, 2.75) is 174 Å². The van der Waals surface area contributed by atoms with Crippen LogP contribution in [0.3, 0.4) is 0 Å². The number of hydrogen-bond acceptors (Lipinski definition) is 4. The number of aliphatic hydroxyl groups excluding tert-OH is 1. The third kappa shape index (κ3) is 25.0. The van der Waals surface area contributed by atoms with E-state index < -0.39 is 28.0 Å². The molecule has 0 aliphatic carbocycles.